The molecule has 0 aromatic carbocycles. The van der Waals surface area contributed by atoms with Gasteiger partial charge in [0.2, 0.25) is 0 Å². The Labute approximate surface area is 193 Å². The molecule has 2 aromatic rings. The van der Waals surface area contributed by atoms with Crippen molar-refractivity contribution in [2.75, 3.05) is 24.5 Å². The third-order valence-electron chi connectivity index (χ3n) is 5.17. The molecule has 0 aliphatic carbocycles. The number of pyridine rings is 1. The molecule has 0 radical (unpaired) electrons. The molecule has 31 heavy (non-hydrogen) atoms. The van der Waals surface area contributed by atoms with E-state index in [-0.39, 0.29) is 11.5 Å². The smallest absolute Gasteiger partial charge is 0.267 e. The number of thioether (sulfide) groups is 1. The van der Waals surface area contributed by atoms with Crippen LogP contribution in [0.4, 0.5) is 5.82 Å². The Bertz CT molecular complexity index is 1040. The van der Waals surface area contributed by atoms with Gasteiger partial charge in [-0.2, -0.15) is 0 Å². The van der Waals surface area contributed by atoms with E-state index in [1.807, 2.05) is 18.2 Å². The van der Waals surface area contributed by atoms with Crippen molar-refractivity contribution in [3.63, 3.8) is 0 Å². The largest absolute Gasteiger partial charge is 0.356 e. The lowest BCUT2D eigenvalue weighted by Crippen LogP contribution is -2.31. The second-order valence-corrected chi connectivity index (χ2v) is 9.29. The molecule has 0 bridgehead atoms. The lowest BCUT2D eigenvalue weighted by molar-refractivity contribution is -0.122. The summed E-state index contributed by atoms with van der Waals surface area (Å²) < 4.78 is 2.09. The highest BCUT2D eigenvalue weighted by molar-refractivity contribution is 8.26. The van der Waals surface area contributed by atoms with Crippen LogP contribution in [-0.4, -0.2) is 44.1 Å². The summed E-state index contributed by atoms with van der Waals surface area (Å²) in [6.45, 7) is 8.55. The van der Waals surface area contributed by atoms with Crippen LogP contribution in [0.3, 0.4) is 0 Å². The van der Waals surface area contributed by atoms with Crippen molar-refractivity contribution < 1.29 is 4.79 Å². The van der Waals surface area contributed by atoms with Gasteiger partial charge in [-0.05, 0) is 37.5 Å². The maximum Gasteiger partial charge on any atom is 0.267 e. The quantitative estimate of drug-likeness (QED) is 0.292. The molecule has 1 amide bonds. The van der Waals surface area contributed by atoms with E-state index >= 15 is 0 Å². The molecule has 0 saturated carbocycles. The van der Waals surface area contributed by atoms with Crippen LogP contribution in [0.5, 0.6) is 0 Å². The number of aromatic nitrogens is 2. The molecular formula is C23H30N4O2S2. The highest BCUT2D eigenvalue weighted by Gasteiger charge is 2.32. The van der Waals surface area contributed by atoms with Crippen LogP contribution < -0.4 is 10.5 Å². The van der Waals surface area contributed by atoms with Gasteiger partial charge in [0.15, 0.2) is 0 Å². The molecule has 1 aliphatic heterocycles. The molecule has 1 saturated heterocycles. The first kappa shape index (κ1) is 23.5. The number of rotatable bonds is 10. The summed E-state index contributed by atoms with van der Waals surface area (Å²) in [7, 11) is 0. The lowest BCUT2D eigenvalue weighted by Gasteiger charge is -2.24. The van der Waals surface area contributed by atoms with Gasteiger partial charge in [0, 0.05) is 25.8 Å². The first-order valence-electron chi connectivity index (χ1n) is 11.0. The van der Waals surface area contributed by atoms with Gasteiger partial charge in [-0.1, -0.05) is 63.7 Å². The summed E-state index contributed by atoms with van der Waals surface area (Å²) in [6, 6.07) is 5.51. The fourth-order valence-electron chi connectivity index (χ4n) is 3.67. The number of hydrogen-bond acceptors (Lipinski definition) is 6. The minimum atomic E-state index is -0.172. The molecule has 6 nitrogen and oxygen atoms in total. The normalized spacial score (nSPS) is 15.5. The van der Waals surface area contributed by atoms with Crippen molar-refractivity contribution in [2.45, 2.75) is 52.9 Å². The fourth-order valence-corrected chi connectivity index (χ4v) is 4.96. The number of carbonyl (C=O) groups is 1. The second kappa shape index (κ2) is 10.9. The number of hydrogen-bond donors (Lipinski definition) is 0. The highest BCUT2D eigenvalue weighted by atomic mass is 32.2. The van der Waals surface area contributed by atoms with E-state index in [1.165, 1.54) is 16.2 Å². The van der Waals surface area contributed by atoms with Crippen molar-refractivity contribution in [3.05, 3.63) is 45.2 Å². The Morgan fingerprint density at radius 3 is 2.52 bits per heavy atom. The molecule has 1 aliphatic rings. The minimum absolute atomic E-state index is 0.118. The Balaban J connectivity index is 2.09. The van der Waals surface area contributed by atoms with E-state index in [4.69, 9.17) is 17.2 Å². The zero-order valence-corrected chi connectivity index (χ0v) is 20.1. The van der Waals surface area contributed by atoms with Gasteiger partial charge in [-0.25, -0.2) is 4.98 Å². The van der Waals surface area contributed by atoms with E-state index < -0.39 is 0 Å². The third kappa shape index (κ3) is 5.18. The summed E-state index contributed by atoms with van der Waals surface area (Å²) in [5, 5.41) is 0. The Kier molecular flexibility index (Phi) is 8.26. The Morgan fingerprint density at radius 2 is 1.84 bits per heavy atom. The van der Waals surface area contributed by atoms with Crippen molar-refractivity contribution in [1.29, 1.82) is 0 Å². The molecule has 166 valence electrons. The van der Waals surface area contributed by atoms with Gasteiger partial charge >= 0.3 is 0 Å². The molecule has 0 spiro atoms. The molecule has 2 aromatic heterocycles. The molecule has 0 atom stereocenters. The van der Waals surface area contributed by atoms with Gasteiger partial charge in [-0.3, -0.25) is 18.9 Å². The minimum Gasteiger partial charge on any atom is -0.356 e. The number of unbranched alkanes of at least 4 members (excludes halogenated alkanes) is 2. The van der Waals surface area contributed by atoms with E-state index in [1.54, 1.807) is 17.2 Å². The number of fused-ring (bicyclic) bond motifs is 1. The monoisotopic (exact) mass is 458 g/mol. The number of nitrogens with zero attached hydrogens (tertiary/aromatic N) is 4. The molecule has 8 heteroatoms. The Morgan fingerprint density at radius 1 is 1.10 bits per heavy atom. The van der Waals surface area contributed by atoms with Crippen molar-refractivity contribution in [3.8, 4) is 0 Å². The topological polar surface area (TPSA) is 57.9 Å². The zero-order chi connectivity index (χ0) is 22.4. The predicted molar refractivity (Wildman–Crippen MR) is 134 cm³/mol. The first-order chi connectivity index (χ1) is 15.0. The van der Waals surface area contributed by atoms with E-state index in [0.29, 0.717) is 32.8 Å². The second-order valence-electron chi connectivity index (χ2n) is 7.61. The van der Waals surface area contributed by atoms with Crippen molar-refractivity contribution >= 4 is 51.7 Å². The fraction of sp³-hybridized carbons (Fsp3) is 0.478. The van der Waals surface area contributed by atoms with Gasteiger partial charge < -0.3 is 4.90 Å². The van der Waals surface area contributed by atoms with Gasteiger partial charge in [-0.15, -0.1) is 0 Å². The Hall–Kier alpha value is -2.19. The summed E-state index contributed by atoms with van der Waals surface area (Å²) in [6.07, 6.45) is 8.34. The van der Waals surface area contributed by atoms with Gasteiger partial charge in [0.05, 0.1) is 10.5 Å². The molecule has 1 fully saturated rings. The van der Waals surface area contributed by atoms with Gasteiger partial charge in [0.25, 0.3) is 11.5 Å². The average molecular weight is 459 g/mol. The first-order valence-corrected chi connectivity index (χ1v) is 12.3. The molecule has 0 unspecified atom stereocenters. The van der Waals surface area contributed by atoms with Crippen LogP contribution in [0.15, 0.2) is 34.1 Å². The highest BCUT2D eigenvalue weighted by Crippen LogP contribution is 2.33. The molecule has 0 N–H and O–H groups in total. The maximum atomic E-state index is 13.4. The molecular weight excluding hydrogens is 428 g/mol. The maximum absolute atomic E-state index is 13.4. The lowest BCUT2D eigenvalue weighted by atomic mass is 10.2. The van der Waals surface area contributed by atoms with Crippen LogP contribution in [0, 0.1) is 0 Å². The van der Waals surface area contributed by atoms with Crippen molar-refractivity contribution in [1.82, 2.24) is 14.3 Å². The number of thiocarbonyl (C=S) groups is 1. The van der Waals surface area contributed by atoms with Crippen LogP contribution in [-0.2, 0) is 4.79 Å². The van der Waals surface area contributed by atoms with Crippen LogP contribution >= 0.6 is 24.0 Å². The van der Waals surface area contributed by atoms with Crippen LogP contribution in [0.2, 0.25) is 0 Å². The third-order valence-corrected chi connectivity index (χ3v) is 6.55. The number of anilines is 1. The van der Waals surface area contributed by atoms with Gasteiger partial charge in [0.1, 0.15) is 15.8 Å². The zero-order valence-electron chi connectivity index (χ0n) is 18.5. The summed E-state index contributed by atoms with van der Waals surface area (Å²) >= 11 is 6.73. The number of amides is 1. The van der Waals surface area contributed by atoms with E-state index in [2.05, 4.69) is 25.7 Å². The summed E-state index contributed by atoms with van der Waals surface area (Å²) in [5.74, 6) is 0.517. The summed E-state index contributed by atoms with van der Waals surface area (Å²) in [4.78, 5) is 35.5. The van der Waals surface area contributed by atoms with Crippen LogP contribution in [0.25, 0.3) is 11.7 Å². The van der Waals surface area contributed by atoms with Crippen LogP contribution in [0.1, 0.15) is 58.4 Å². The van der Waals surface area contributed by atoms with E-state index in [9.17, 15) is 9.59 Å². The van der Waals surface area contributed by atoms with Crippen molar-refractivity contribution in [2.24, 2.45) is 0 Å². The molecule has 3 rings (SSSR count). The molecule has 3 heterocycles. The standard InChI is InChI=1S/C23H30N4O2S2/c1-4-7-9-15-27-22(29)18(31-23(27)30)16-17-20(25(12-5-2)13-6-3)24-19-11-8-10-14-26(19)21(17)28/h8,10-11,14,16H,4-7,9,12-13,15H2,1-3H3/b18-16-. The number of carbonyl (C=O) groups excluding carboxylic acids is 1. The average Bonchev–Trinajstić information content (AvgIpc) is 3.03. The van der Waals surface area contributed by atoms with E-state index in [0.717, 1.165) is 45.2 Å². The predicted octanol–water partition coefficient (Wildman–Crippen LogP) is 4.71. The SMILES string of the molecule is CCCCCN1C(=O)/C(=C/c2c(N(CCC)CCC)nc3ccccn3c2=O)SC1=S. The summed E-state index contributed by atoms with van der Waals surface area (Å²) in [5.41, 5.74) is 0.873.